The molecule has 0 radical (unpaired) electrons. The zero-order valence-corrected chi connectivity index (χ0v) is 22.1. The lowest BCUT2D eigenvalue weighted by molar-refractivity contribution is 0.659. The third kappa shape index (κ3) is 3.20. The Morgan fingerprint density at radius 1 is 0.564 bits per heavy atom. The van der Waals surface area contributed by atoms with Gasteiger partial charge in [-0.1, -0.05) is 129 Å². The quantitative estimate of drug-likeness (QED) is 0.220. The molecule has 0 amide bonds. The fourth-order valence-electron chi connectivity index (χ4n) is 6.98. The maximum absolute atomic E-state index is 6.37. The Balaban J connectivity index is 1.49. The summed E-state index contributed by atoms with van der Waals surface area (Å²) in [4.78, 5) is 0. The summed E-state index contributed by atoms with van der Waals surface area (Å²) in [6.45, 7) is 4.72. The second-order valence-corrected chi connectivity index (χ2v) is 11.3. The largest absolute Gasteiger partial charge is 0.456 e. The predicted molar refractivity (Wildman–Crippen MR) is 163 cm³/mol. The summed E-state index contributed by atoms with van der Waals surface area (Å²) in [5.74, 6) is 0.0382. The van der Waals surface area contributed by atoms with E-state index in [0.717, 1.165) is 11.2 Å². The van der Waals surface area contributed by atoms with Crippen molar-refractivity contribution in [3.8, 4) is 11.1 Å². The van der Waals surface area contributed by atoms with Crippen molar-refractivity contribution in [2.75, 3.05) is 0 Å². The monoisotopic (exact) mass is 500 g/mol. The third-order valence-electron chi connectivity index (χ3n) is 8.80. The van der Waals surface area contributed by atoms with Gasteiger partial charge in [-0.05, 0) is 61.8 Å². The molecule has 0 spiro atoms. The van der Waals surface area contributed by atoms with Crippen LogP contribution in [0.5, 0.6) is 0 Å². The third-order valence-corrected chi connectivity index (χ3v) is 8.80. The number of furan rings is 1. The molecular weight excluding hydrogens is 472 g/mol. The molecule has 1 heteroatoms. The molecule has 186 valence electrons. The summed E-state index contributed by atoms with van der Waals surface area (Å²) in [5.41, 5.74) is 11.3. The molecule has 0 N–H and O–H groups in total. The highest BCUT2D eigenvalue weighted by Crippen LogP contribution is 2.53. The normalized spacial score (nSPS) is 14.5. The van der Waals surface area contributed by atoms with Gasteiger partial charge < -0.3 is 4.42 Å². The Labute approximate surface area is 228 Å². The van der Waals surface area contributed by atoms with Gasteiger partial charge in [-0.2, -0.15) is 0 Å². The molecule has 1 atom stereocenters. The zero-order chi connectivity index (χ0) is 26.1. The molecule has 0 bridgehead atoms. The number of fused-ring (bicyclic) bond motifs is 7. The van der Waals surface area contributed by atoms with E-state index in [1.807, 2.05) is 6.07 Å². The number of benzene rings is 6. The van der Waals surface area contributed by atoms with Crippen LogP contribution in [0.4, 0.5) is 0 Å². The molecule has 0 saturated heterocycles. The first kappa shape index (κ1) is 22.4. The van der Waals surface area contributed by atoms with Gasteiger partial charge in [-0.15, -0.1) is 0 Å². The minimum Gasteiger partial charge on any atom is -0.456 e. The van der Waals surface area contributed by atoms with Crippen molar-refractivity contribution in [3.05, 3.63) is 155 Å². The molecule has 7 aromatic rings. The van der Waals surface area contributed by atoms with E-state index in [2.05, 4.69) is 135 Å². The lowest BCUT2D eigenvalue weighted by atomic mass is 9.77. The number of hydrogen-bond acceptors (Lipinski definition) is 1. The Bertz CT molecular complexity index is 2060. The van der Waals surface area contributed by atoms with Gasteiger partial charge in [0.05, 0.1) is 0 Å². The first-order chi connectivity index (χ1) is 19.1. The lowest BCUT2D eigenvalue weighted by Crippen LogP contribution is -2.15. The summed E-state index contributed by atoms with van der Waals surface area (Å²) in [6.07, 6.45) is 0. The molecule has 6 aromatic carbocycles. The predicted octanol–water partition coefficient (Wildman–Crippen LogP) is 10.2. The smallest absolute Gasteiger partial charge is 0.135 e. The maximum atomic E-state index is 6.37. The molecule has 0 saturated carbocycles. The lowest BCUT2D eigenvalue weighted by Gasteiger charge is -2.25. The second kappa shape index (κ2) is 8.19. The van der Waals surface area contributed by atoms with Gasteiger partial charge in [0.15, 0.2) is 0 Å². The topological polar surface area (TPSA) is 13.1 Å². The van der Waals surface area contributed by atoms with E-state index >= 15 is 0 Å². The van der Waals surface area contributed by atoms with Crippen LogP contribution in [0.3, 0.4) is 0 Å². The molecule has 1 heterocycles. The van der Waals surface area contributed by atoms with Crippen LogP contribution in [0.2, 0.25) is 0 Å². The summed E-state index contributed by atoms with van der Waals surface area (Å²) >= 11 is 0. The molecule has 0 fully saturated rings. The van der Waals surface area contributed by atoms with E-state index in [1.54, 1.807) is 0 Å². The van der Waals surface area contributed by atoms with Gasteiger partial charge in [0.2, 0.25) is 0 Å². The van der Waals surface area contributed by atoms with Crippen molar-refractivity contribution in [2.45, 2.75) is 25.2 Å². The molecule has 1 aliphatic carbocycles. The molecule has 1 aromatic heterocycles. The fourth-order valence-corrected chi connectivity index (χ4v) is 6.98. The van der Waals surface area contributed by atoms with Crippen molar-refractivity contribution in [3.63, 3.8) is 0 Å². The fraction of sp³-hybridized carbons (Fsp3) is 0.105. The summed E-state index contributed by atoms with van der Waals surface area (Å²) < 4.78 is 6.37. The van der Waals surface area contributed by atoms with Crippen LogP contribution in [0.25, 0.3) is 43.8 Å². The van der Waals surface area contributed by atoms with E-state index in [9.17, 15) is 0 Å². The first-order valence-corrected chi connectivity index (χ1v) is 13.7. The van der Waals surface area contributed by atoms with Gasteiger partial charge in [0.1, 0.15) is 11.2 Å². The van der Waals surface area contributed by atoms with Gasteiger partial charge in [0, 0.05) is 22.1 Å². The Morgan fingerprint density at radius 2 is 1.26 bits per heavy atom. The molecule has 0 aliphatic heterocycles. The average Bonchev–Trinajstić information content (AvgIpc) is 3.47. The van der Waals surface area contributed by atoms with Gasteiger partial charge in [0.25, 0.3) is 0 Å². The van der Waals surface area contributed by atoms with Gasteiger partial charge in [-0.25, -0.2) is 0 Å². The summed E-state index contributed by atoms with van der Waals surface area (Å²) in [5, 5.41) is 4.89. The van der Waals surface area contributed by atoms with Crippen molar-refractivity contribution in [1.29, 1.82) is 0 Å². The van der Waals surface area contributed by atoms with Crippen molar-refractivity contribution >= 4 is 32.7 Å². The van der Waals surface area contributed by atoms with Crippen LogP contribution in [-0.2, 0) is 5.41 Å². The summed E-state index contributed by atoms with van der Waals surface area (Å²) in [7, 11) is 0. The van der Waals surface area contributed by atoms with Gasteiger partial charge in [-0.3, -0.25) is 0 Å². The minimum absolute atomic E-state index is 0.0382. The van der Waals surface area contributed by atoms with E-state index in [0.29, 0.717) is 0 Å². The molecule has 1 aliphatic rings. The standard InChI is InChI=1S/C38H28O/c1-38(2)31-17-7-5-13-27(31)36-29(15-9-18-32(36)38)35(26-22-21-24-11-3-4-12-25(24)23-26)30-16-10-20-34-37(30)28-14-6-8-19-33(28)39-34/h3-23,35H,1-2H3. The number of hydrogen-bond donors (Lipinski definition) is 0. The first-order valence-electron chi connectivity index (χ1n) is 13.7. The molecule has 8 rings (SSSR count). The summed E-state index contributed by atoms with van der Waals surface area (Å²) in [6, 6.07) is 46.5. The van der Waals surface area contributed by atoms with E-state index < -0.39 is 0 Å². The highest BCUT2D eigenvalue weighted by molar-refractivity contribution is 6.07. The SMILES string of the molecule is CC1(C)c2ccccc2-c2c(C(c3ccc4ccccc4c3)c3cccc4oc5ccccc5c34)cccc21. The second-order valence-electron chi connectivity index (χ2n) is 11.3. The molecular formula is C38H28O. The van der Waals surface area contributed by atoms with Crippen LogP contribution in [0.1, 0.15) is 47.6 Å². The van der Waals surface area contributed by atoms with Crippen molar-refractivity contribution < 1.29 is 4.42 Å². The van der Waals surface area contributed by atoms with Gasteiger partial charge >= 0.3 is 0 Å². The van der Waals surface area contributed by atoms with Crippen molar-refractivity contribution in [1.82, 2.24) is 0 Å². The Morgan fingerprint density at radius 3 is 2.18 bits per heavy atom. The van der Waals surface area contributed by atoms with Crippen LogP contribution >= 0.6 is 0 Å². The highest BCUT2D eigenvalue weighted by atomic mass is 16.3. The van der Waals surface area contributed by atoms with Crippen LogP contribution in [-0.4, -0.2) is 0 Å². The van der Waals surface area contributed by atoms with Crippen LogP contribution in [0.15, 0.2) is 132 Å². The minimum atomic E-state index is -0.0514. The zero-order valence-electron chi connectivity index (χ0n) is 22.1. The van der Waals surface area contributed by atoms with E-state index in [4.69, 9.17) is 4.42 Å². The molecule has 39 heavy (non-hydrogen) atoms. The van der Waals surface area contributed by atoms with E-state index in [-0.39, 0.29) is 11.3 Å². The highest BCUT2D eigenvalue weighted by Gasteiger charge is 2.38. The van der Waals surface area contributed by atoms with Crippen molar-refractivity contribution in [2.24, 2.45) is 0 Å². The maximum Gasteiger partial charge on any atom is 0.135 e. The number of para-hydroxylation sites is 1. The molecule has 1 unspecified atom stereocenters. The van der Waals surface area contributed by atoms with E-state index in [1.165, 1.54) is 60.5 Å². The average molecular weight is 501 g/mol. The molecule has 1 nitrogen and oxygen atoms in total. The number of rotatable bonds is 3. The Kier molecular flexibility index (Phi) is 4.70. The Hall–Kier alpha value is -4.62. The van der Waals surface area contributed by atoms with Crippen LogP contribution in [0, 0.1) is 0 Å². The van der Waals surface area contributed by atoms with Crippen LogP contribution < -0.4 is 0 Å².